The maximum atomic E-state index is 2.62. The van der Waals surface area contributed by atoms with E-state index in [0.29, 0.717) is 0 Å². The summed E-state index contributed by atoms with van der Waals surface area (Å²) in [7, 11) is -5.94. The van der Waals surface area contributed by atoms with Gasteiger partial charge in [0.15, 0.2) is 16.1 Å². The predicted molar refractivity (Wildman–Crippen MR) is 407 cm³/mol. The predicted octanol–water partition coefficient (Wildman–Crippen LogP) is 18.4. The third kappa shape index (κ3) is 10.5. The summed E-state index contributed by atoms with van der Waals surface area (Å²) in [4.78, 5) is 0. The number of benzene rings is 16. The summed E-state index contributed by atoms with van der Waals surface area (Å²) in [5, 5.41) is 15.7. The van der Waals surface area contributed by atoms with Crippen LogP contribution in [0.25, 0.3) is 99.4 Å². The Kier molecular flexibility index (Phi) is 15.5. The SMILES string of the molecule is c1ccc(-c2cc(-c3ccccc3)cc(-c3c4ccccc4c(-c4cc(-c5ccccc5)cc(-c5cccc(-c6ccc([Si](c7ccccc7)(c7ccccc7)c7cccc([Si](c8ccccc8)(c8ccccc8)c8ccccc8)c7)cc6)c5)c4)c4ccccc34)c2)cc1. The fourth-order valence-electron chi connectivity index (χ4n) is 15.1. The van der Waals surface area contributed by atoms with Crippen molar-refractivity contribution in [3.05, 3.63) is 400 Å². The van der Waals surface area contributed by atoms with Gasteiger partial charge in [0.05, 0.1) is 0 Å². The first-order valence-corrected chi connectivity index (χ1v) is 36.6. The van der Waals surface area contributed by atoms with E-state index in [9.17, 15) is 0 Å². The van der Waals surface area contributed by atoms with E-state index in [-0.39, 0.29) is 0 Å². The van der Waals surface area contributed by atoms with E-state index in [0.717, 1.165) is 11.1 Å². The van der Waals surface area contributed by atoms with Crippen LogP contribution in [0.4, 0.5) is 0 Å². The lowest BCUT2D eigenvalue weighted by atomic mass is 9.83. The highest BCUT2D eigenvalue weighted by atomic mass is 28.3. The minimum Gasteiger partial charge on any atom is -0.0624 e. The second kappa shape index (κ2) is 25.3. The molecule has 0 unspecified atom stereocenters. The van der Waals surface area contributed by atoms with Crippen molar-refractivity contribution in [2.75, 3.05) is 0 Å². The van der Waals surface area contributed by atoms with Gasteiger partial charge < -0.3 is 0 Å². The summed E-state index contributed by atoms with van der Waals surface area (Å²) in [5.41, 5.74) is 16.6. The molecule has 442 valence electrons. The lowest BCUT2D eigenvalue weighted by Gasteiger charge is -2.38. The second-order valence-corrected chi connectivity index (χ2v) is 32.2. The van der Waals surface area contributed by atoms with Crippen LogP contribution in [0.1, 0.15) is 0 Å². The van der Waals surface area contributed by atoms with Crippen molar-refractivity contribution in [2.45, 2.75) is 0 Å². The van der Waals surface area contributed by atoms with Crippen LogP contribution in [0.15, 0.2) is 400 Å². The van der Waals surface area contributed by atoms with Gasteiger partial charge in [0.25, 0.3) is 0 Å². The van der Waals surface area contributed by atoms with Gasteiger partial charge in [-0.25, -0.2) is 0 Å². The van der Waals surface area contributed by atoms with Gasteiger partial charge in [-0.15, -0.1) is 0 Å². The third-order valence-electron chi connectivity index (χ3n) is 19.3. The minimum atomic E-state index is -3.05. The van der Waals surface area contributed by atoms with E-state index >= 15 is 0 Å². The van der Waals surface area contributed by atoms with E-state index in [1.54, 1.807) is 0 Å². The van der Waals surface area contributed by atoms with Crippen molar-refractivity contribution in [3.8, 4) is 77.9 Å². The molecule has 0 bridgehead atoms. The fourth-order valence-corrected chi connectivity index (χ4v) is 24.8. The normalized spacial score (nSPS) is 11.6. The van der Waals surface area contributed by atoms with E-state index in [1.165, 1.54) is 130 Å². The highest BCUT2D eigenvalue weighted by molar-refractivity contribution is 7.22. The fraction of sp³-hybridized carbons (Fsp3) is 0. The second-order valence-electron chi connectivity index (χ2n) is 24.6. The summed E-state index contributed by atoms with van der Waals surface area (Å²) in [6.45, 7) is 0. The molecule has 0 spiro atoms. The summed E-state index contributed by atoms with van der Waals surface area (Å²) in [5.74, 6) is 0. The molecule has 0 fully saturated rings. The van der Waals surface area contributed by atoms with Crippen molar-refractivity contribution in [1.82, 2.24) is 0 Å². The van der Waals surface area contributed by atoms with Gasteiger partial charge in [0, 0.05) is 0 Å². The molecule has 0 aromatic heterocycles. The zero-order valence-corrected chi connectivity index (χ0v) is 54.1. The van der Waals surface area contributed by atoms with Gasteiger partial charge in [-0.05, 0) is 183 Å². The number of rotatable bonds is 15. The Bertz CT molecular complexity index is 5060. The lowest BCUT2D eigenvalue weighted by Crippen LogP contribution is -2.77. The maximum Gasteiger partial charge on any atom is 0.179 e. The molecule has 0 saturated carbocycles. The van der Waals surface area contributed by atoms with Gasteiger partial charge in [-0.1, -0.05) is 358 Å². The number of hydrogen-bond acceptors (Lipinski definition) is 0. The highest BCUT2D eigenvalue weighted by Gasteiger charge is 2.45. The van der Waals surface area contributed by atoms with Crippen LogP contribution in [-0.2, 0) is 0 Å². The smallest absolute Gasteiger partial charge is 0.0624 e. The van der Waals surface area contributed by atoms with E-state index in [2.05, 4.69) is 400 Å². The molecule has 0 nitrogen and oxygen atoms in total. The molecule has 16 aromatic carbocycles. The summed E-state index contributed by atoms with van der Waals surface area (Å²) in [6, 6.07) is 150. The van der Waals surface area contributed by atoms with Gasteiger partial charge in [-0.2, -0.15) is 0 Å². The van der Waals surface area contributed by atoms with Crippen LogP contribution >= 0.6 is 0 Å². The van der Waals surface area contributed by atoms with Crippen LogP contribution in [0.2, 0.25) is 0 Å². The monoisotopic (exact) mass is 1230 g/mol. The molecule has 0 atom stereocenters. The van der Waals surface area contributed by atoms with Crippen molar-refractivity contribution in [1.29, 1.82) is 0 Å². The van der Waals surface area contributed by atoms with Crippen LogP contribution in [0.5, 0.6) is 0 Å². The zero-order valence-electron chi connectivity index (χ0n) is 52.1. The van der Waals surface area contributed by atoms with E-state index in [4.69, 9.17) is 0 Å². The first-order valence-electron chi connectivity index (χ1n) is 32.6. The summed E-state index contributed by atoms with van der Waals surface area (Å²) in [6.07, 6.45) is 0. The third-order valence-corrected chi connectivity index (χ3v) is 28.9. The van der Waals surface area contributed by atoms with Crippen molar-refractivity contribution in [2.24, 2.45) is 0 Å². The van der Waals surface area contributed by atoms with Crippen molar-refractivity contribution >= 4 is 79.2 Å². The Morgan fingerprint density at radius 3 is 0.638 bits per heavy atom. The Hall–Kier alpha value is -11.5. The molecular weight excluding hydrogens is 1160 g/mol. The van der Waals surface area contributed by atoms with E-state index in [1.807, 2.05) is 0 Å². The number of hydrogen-bond donors (Lipinski definition) is 0. The standard InChI is InChI=1S/C92H66Si2/c1-9-31-67(32-10-1)73-60-74(68-33-11-2-12-34-68)63-77(62-73)91-87-51-25-27-53-89(87)92(90-54-28-26-52-88(90)91)78-64-75(69-35-13-3-14-36-69)61-76(65-78)72-38-29-37-71(59-72)70-55-57-84(58-56-70)94(82-45-21-7-22-46-82,83-47-23-8-24-48-83)86-50-30-49-85(66-86)93(79-39-15-4-16-40-79,80-41-17-5-18-42-80)81-43-19-6-20-44-81/h1-66H. The highest BCUT2D eigenvalue weighted by Crippen LogP contribution is 2.47. The topological polar surface area (TPSA) is 0 Å². The first kappa shape index (κ1) is 57.6. The molecule has 94 heavy (non-hydrogen) atoms. The van der Waals surface area contributed by atoms with Crippen LogP contribution < -0.4 is 41.5 Å². The quantitative estimate of drug-likeness (QED) is 0.0545. The minimum absolute atomic E-state index is 1.16. The molecule has 0 aliphatic heterocycles. The van der Waals surface area contributed by atoms with Gasteiger partial charge in [0.2, 0.25) is 0 Å². The van der Waals surface area contributed by atoms with Crippen LogP contribution in [-0.4, -0.2) is 16.1 Å². The summed E-state index contributed by atoms with van der Waals surface area (Å²) >= 11 is 0. The number of fused-ring (bicyclic) bond motifs is 2. The van der Waals surface area contributed by atoms with Gasteiger partial charge in [-0.3, -0.25) is 0 Å². The molecule has 0 heterocycles. The maximum absolute atomic E-state index is 3.05. The molecule has 16 aromatic rings. The largest absolute Gasteiger partial charge is 0.179 e. The molecule has 0 N–H and O–H groups in total. The van der Waals surface area contributed by atoms with Crippen molar-refractivity contribution in [3.63, 3.8) is 0 Å². The molecule has 0 amide bonds. The molecule has 16 rings (SSSR count). The van der Waals surface area contributed by atoms with Crippen LogP contribution in [0.3, 0.4) is 0 Å². The molecule has 0 aliphatic carbocycles. The molecule has 2 heteroatoms. The van der Waals surface area contributed by atoms with Gasteiger partial charge in [0.1, 0.15) is 0 Å². The molecular formula is C92H66Si2. The Morgan fingerprint density at radius 1 is 0.117 bits per heavy atom. The van der Waals surface area contributed by atoms with E-state index < -0.39 is 16.1 Å². The molecule has 0 aliphatic rings. The first-order chi connectivity index (χ1) is 46.6. The molecule has 0 radical (unpaired) electrons. The van der Waals surface area contributed by atoms with Gasteiger partial charge >= 0.3 is 0 Å². The average molecular weight is 1230 g/mol. The zero-order chi connectivity index (χ0) is 62.7. The Morgan fingerprint density at radius 2 is 0.319 bits per heavy atom. The van der Waals surface area contributed by atoms with Crippen LogP contribution in [0, 0.1) is 0 Å². The average Bonchev–Trinajstić information content (AvgIpc) is 0.731. The van der Waals surface area contributed by atoms with Crippen molar-refractivity contribution < 1.29 is 0 Å². The molecule has 0 saturated heterocycles. The Labute approximate surface area is 553 Å². The Balaban J connectivity index is 0.844. The lowest BCUT2D eigenvalue weighted by molar-refractivity contribution is 1.57. The summed E-state index contributed by atoms with van der Waals surface area (Å²) < 4.78 is 0.